The van der Waals surface area contributed by atoms with E-state index in [9.17, 15) is 13.9 Å². The van der Waals surface area contributed by atoms with Gasteiger partial charge in [0.25, 0.3) is 0 Å². The Kier molecular flexibility index (Phi) is 6.18. The van der Waals surface area contributed by atoms with Crippen LogP contribution in [0.1, 0.15) is 31.4 Å². The topological polar surface area (TPSA) is 52.5 Å². The van der Waals surface area contributed by atoms with E-state index in [1.54, 1.807) is 0 Å². The Hall–Kier alpha value is -1.04. The van der Waals surface area contributed by atoms with Gasteiger partial charge in [-0.25, -0.2) is 8.78 Å². The minimum absolute atomic E-state index is 0.0446. The average molecular weight is 259 g/mol. The number of aliphatic hydroxyl groups excluding tert-OH is 2. The normalized spacial score (nSPS) is 14.5. The fourth-order valence-electron chi connectivity index (χ4n) is 1.69. The van der Waals surface area contributed by atoms with Crippen molar-refractivity contribution in [1.82, 2.24) is 5.32 Å². The Bertz CT molecular complexity index is 374. The van der Waals surface area contributed by atoms with Gasteiger partial charge in [0.2, 0.25) is 0 Å². The van der Waals surface area contributed by atoms with Gasteiger partial charge in [-0.15, -0.1) is 0 Å². The van der Waals surface area contributed by atoms with Crippen LogP contribution in [0.3, 0.4) is 0 Å². The molecule has 0 heterocycles. The van der Waals surface area contributed by atoms with Gasteiger partial charge in [0.1, 0.15) is 11.6 Å². The van der Waals surface area contributed by atoms with Gasteiger partial charge < -0.3 is 15.5 Å². The van der Waals surface area contributed by atoms with E-state index >= 15 is 0 Å². The van der Waals surface area contributed by atoms with Crippen molar-refractivity contribution < 1.29 is 19.0 Å². The lowest BCUT2D eigenvalue weighted by Crippen LogP contribution is -2.30. The fourth-order valence-corrected chi connectivity index (χ4v) is 1.69. The maximum absolute atomic E-state index is 13.4. The number of benzene rings is 1. The molecule has 5 heteroatoms. The van der Waals surface area contributed by atoms with Crippen molar-refractivity contribution in [1.29, 1.82) is 0 Å². The summed E-state index contributed by atoms with van der Waals surface area (Å²) in [6.45, 7) is 2.17. The molecule has 2 unspecified atom stereocenters. The van der Waals surface area contributed by atoms with Gasteiger partial charge in [0.15, 0.2) is 0 Å². The van der Waals surface area contributed by atoms with E-state index in [1.807, 2.05) is 6.92 Å². The van der Waals surface area contributed by atoms with E-state index in [-0.39, 0.29) is 24.8 Å². The van der Waals surface area contributed by atoms with Crippen LogP contribution in [0.15, 0.2) is 18.2 Å². The van der Waals surface area contributed by atoms with Crippen LogP contribution in [-0.2, 0) is 0 Å². The molecule has 0 aliphatic carbocycles. The SMILES string of the molecule is CC(CCCO)NCC(O)c1cc(F)ccc1F. The predicted molar refractivity (Wildman–Crippen MR) is 65.1 cm³/mol. The summed E-state index contributed by atoms with van der Waals surface area (Å²) in [7, 11) is 0. The van der Waals surface area contributed by atoms with E-state index in [0.29, 0.717) is 6.42 Å². The Balaban J connectivity index is 2.49. The van der Waals surface area contributed by atoms with Gasteiger partial charge in [0, 0.05) is 24.8 Å². The van der Waals surface area contributed by atoms with Gasteiger partial charge >= 0.3 is 0 Å². The highest BCUT2D eigenvalue weighted by Crippen LogP contribution is 2.17. The van der Waals surface area contributed by atoms with Gasteiger partial charge in [-0.2, -0.15) is 0 Å². The first-order chi connectivity index (χ1) is 8.54. The highest BCUT2D eigenvalue weighted by molar-refractivity contribution is 5.21. The molecule has 1 aromatic carbocycles. The summed E-state index contributed by atoms with van der Waals surface area (Å²) in [5.74, 6) is -1.19. The molecule has 0 bridgehead atoms. The molecular formula is C13H19F2NO2. The Morgan fingerprint density at radius 2 is 2.06 bits per heavy atom. The van der Waals surface area contributed by atoms with Gasteiger partial charge in [-0.05, 0) is 38.0 Å². The van der Waals surface area contributed by atoms with Crippen LogP contribution in [0, 0.1) is 11.6 Å². The first kappa shape index (κ1) is 15.0. The summed E-state index contributed by atoms with van der Waals surface area (Å²) in [5, 5.41) is 21.5. The van der Waals surface area contributed by atoms with E-state index < -0.39 is 17.7 Å². The third-order valence-electron chi connectivity index (χ3n) is 2.77. The lowest BCUT2D eigenvalue weighted by Gasteiger charge is -2.17. The Morgan fingerprint density at radius 1 is 1.33 bits per heavy atom. The second kappa shape index (κ2) is 7.41. The van der Waals surface area contributed by atoms with E-state index in [0.717, 1.165) is 24.6 Å². The zero-order chi connectivity index (χ0) is 13.5. The van der Waals surface area contributed by atoms with Crippen molar-refractivity contribution in [2.75, 3.05) is 13.2 Å². The molecule has 0 aromatic heterocycles. The van der Waals surface area contributed by atoms with Crippen molar-refractivity contribution in [2.24, 2.45) is 0 Å². The largest absolute Gasteiger partial charge is 0.396 e. The Labute approximate surface area is 105 Å². The molecule has 0 radical (unpaired) electrons. The van der Waals surface area contributed by atoms with Crippen molar-refractivity contribution in [3.63, 3.8) is 0 Å². The van der Waals surface area contributed by atoms with Gasteiger partial charge in [0.05, 0.1) is 6.10 Å². The molecule has 102 valence electrons. The molecule has 2 atom stereocenters. The van der Waals surface area contributed by atoms with Crippen LogP contribution >= 0.6 is 0 Å². The maximum atomic E-state index is 13.4. The second-order valence-electron chi connectivity index (χ2n) is 4.36. The summed E-state index contributed by atoms with van der Waals surface area (Å²) >= 11 is 0. The standard InChI is InChI=1S/C13H19F2NO2/c1-9(3-2-6-17)16-8-13(18)11-7-10(14)4-5-12(11)15/h4-5,7,9,13,16-18H,2-3,6,8H2,1H3. The molecule has 3 N–H and O–H groups in total. The summed E-state index contributed by atoms with van der Waals surface area (Å²) in [6, 6.07) is 3.12. The monoisotopic (exact) mass is 259 g/mol. The third-order valence-corrected chi connectivity index (χ3v) is 2.77. The lowest BCUT2D eigenvalue weighted by atomic mass is 10.1. The molecule has 0 saturated heterocycles. The fraction of sp³-hybridized carbons (Fsp3) is 0.538. The number of nitrogens with one attached hydrogen (secondary N) is 1. The summed E-state index contributed by atoms with van der Waals surface area (Å²) < 4.78 is 26.3. The zero-order valence-electron chi connectivity index (χ0n) is 10.4. The van der Waals surface area contributed by atoms with Crippen LogP contribution < -0.4 is 5.32 Å². The van der Waals surface area contributed by atoms with Crippen molar-refractivity contribution in [3.05, 3.63) is 35.4 Å². The zero-order valence-corrected chi connectivity index (χ0v) is 10.4. The number of halogens is 2. The first-order valence-corrected chi connectivity index (χ1v) is 6.02. The average Bonchev–Trinajstić information content (AvgIpc) is 2.36. The summed E-state index contributed by atoms with van der Waals surface area (Å²) in [4.78, 5) is 0. The molecule has 0 aliphatic heterocycles. The maximum Gasteiger partial charge on any atom is 0.129 e. The van der Waals surface area contributed by atoms with E-state index in [4.69, 9.17) is 5.11 Å². The smallest absolute Gasteiger partial charge is 0.129 e. The van der Waals surface area contributed by atoms with Gasteiger partial charge in [-0.3, -0.25) is 0 Å². The van der Waals surface area contributed by atoms with Crippen LogP contribution in [0.25, 0.3) is 0 Å². The highest BCUT2D eigenvalue weighted by Gasteiger charge is 2.14. The molecule has 0 fully saturated rings. The minimum Gasteiger partial charge on any atom is -0.396 e. The Morgan fingerprint density at radius 3 is 2.72 bits per heavy atom. The van der Waals surface area contributed by atoms with Crippen LogP contribution in [0.2, 0.25) is 0 Å². The van der Waals surface area contributed by atoms with Crippen molar-refractivity contribution in [3.8, 4) is 0 Å². The summed E-state index contributed by atoms with van der Waals surface area (Å²) in [6.07, 6.45) is 0.338. The first-order valence-electron chi connectivity index (χ1n) is 6.02. The molecule has 0 saturated carbocycles. The highest BCUT2D eigenvalue weighted by atomic mass is 19.1. The molecule has 3 nitrogen and oxygen atoms in total. The minimum atomic E-state index is -1.09. The molecule has 0 aliphatic rings. The number of rotatable bonds is 7. The van der Waals surface area contributed by atoms with E-state index in [2.05, 4.69) is 5.32 Å². The molecule has 0 amide bonds. The quantitative estimate of drug-likeness (QED) is 0.699. The number of aliphatic hydroxyl groups is 2. The molecule has 18 heavy (non-hydrogen) atoms. The van der Waals surface area contributed by atoms with Crippen molar-refractivity contribution >= 4 is 0 Å². The van der Waals surface area contributed by atoms with E-state index in [1.165, 1.54) is 0 Å². The molecule has 0 spiro atoms. The molecular weight excluding hydrogens is 240 g/mol. The van der Waals surface area contributed by atoms with Crippen LogP contribution in [-0.4, -0.2) is 29.4 Å². The van der Waals surface area contributed by atoms with Crippen molar-refractivity contribution in [2.45, 2.75) is 31.9 Å². The summed E-state index contributed by atoms with van der Waals surface area (Å²) in [5.41, 5.74) is -0.0446. The predicted octanol–water partition coefficient (Wildman–Crippen LogP) is 1.75. The van der Waals surface area contributed by atoms with Gasteiger partial charge in [-0.1, -0.05) is 0 Å². The molecule has 1 rings (SSSR count). The second-order valence-corrected chi connectivity index (χ2v) is 4.36. The number of hydrogen-bond acceptors (Lipinski definition) is 3. The van der Waals surface area contributed by atoms with Crippen LogP contribution in [0.4, 0.5) is 8.78 Å². The third kappa shape index (κ3) is 4.68. The van der Waals surface area contributed by atoms with Crippen LogP contribution in [0.5, 0.6) is 0 Å². The number of hydrogen-bond donors (Lipinski definition) is 3. The molecule has 1 aromatic rings. The lowest BCUT2D eigenvalue weighted by molar-refractivity contribution is 0.164.